The minimum atomic E-state index is -2.35. The maximum Gasteiger partial charge on any atom is 0.338 e. The standard InChI is InChI=1S/C34H40O11/c1-20(35)41-25-19-32(5,40)34-28(38)24(31(3,4)45-34)18-26(42-30(39)23-14-10-7-11-15-23)33(34,44-21(2)36)29(25)43-27(37)17-16-22-12-8-6-9-13-22/h6-15,24-26,28-29,38,40H,16-19H2,1-5H3/t24?,25-,26-,28+,29-,32-,33-,34-/m0/s1. The van der Waals surface area contributed by atoms with E-state index in [-0.39, 0.29) is 24.8 Å². The maximum absolute atomic E-state index is 13.6. The summed E-state index contributed by atoms with van der Waals surface area (Å²) in [5, 5.41) is 24.3. The number of carbonyl (C=O) groups excluding carboxylic acids is 4. The van der Waals surface area contributed by atoms with Crippen molar-refractivity contribution in [3.05, 3.63) is 71.8 Å². The van der Waals surface area contributed by atoms with E-state index in [2.05, 4.69) is 0 Å². The lowest BCUT2D eigenvalue weighted by Crippen LogP contribution is -2.87. The van der Waals surface area contributed by atoms with Gasteiger partial charge in [0, 0.05) is 32.6 Å². The van der Waals surface area contributed by atoms with Gasteiger partial charge in [0.1, 0.15) is 17.8 Å². The first kappa shape index (κ1) is 32.6. The van der Waals surface area contributed by atoms with Gasteiger partial charge < -0.3 is 33.9 Å². The third-order valence-corrected chi connectivity index (χ3v) is 9.41. The fraction of sp³-hybridized carbons (Fsp3) is 0.529. The van der Waals surface area contributed by atoms with Gasteiger partial charge in [0.2, 0.25) is 5.60 Å². The topological polar surface area (TPSA) is 155 Å². The van der Waals surface area contributed by atoms with Crippen LogP contribution in [0.3, 0.4) is 0 Å². The second kappa shape index (κ2) is 11.9. The maximum atomic E-state index is 13.6. The molecule has 11 heteroatoms. The zero-order chi connectivity index (χ0) is 32.8. The summed E-state index contributed by atoms with van der Waals surface area (Å²) >= 11 is 0. The Morgan fingerprint density at radius 2 is 1.51 bits per heavy atom. The highest BCUT2D eigenvalue weighted by Gasteiger charge is 2.87. The second-order valence-corrected chi connectivity index (χ2v) is 12.9. The molecule has 2 saturated carbocycles. The zero-order valence-electron chi connectivity index (χ0n) is 26.1. The number of aliphatic hydroxyl groups excluding tert-OH is 1. The van der Waals surface area contributed by atoms with Crippen molar-refractivity contribution in [1.82, 2.24) is 0 Å². The van der Waals surface area contributed by atoms with Gasteiger partial charge in [0.05, 0.1) is 17.3 Å². The Balaban J connectivity index is 1.68. The van der Waals surface area contributed by atoms with Crippen LogP contribution in [0, 0.1) is 5.92 Å². The fourth-order valence-corrected chi connectivity index (χ4v) is 7.67. The predicted octanol–water partition coefficient (Wildman–Crippen LogP) is 3.07. The Labute approximate surface area is 261 Å². The van der Waals surface area contributed by atoms with Crippen LogP contribution in [-0.2, 0) is 44.5 Å². The molecule has 2 aliphatic carbocycles. The van der Waals surface area contributed by atoms with E-state index >= 15 is 0 Å². The Kier molecular flexibility index (Phi) is 8.58. The highest BCUT2D eigenvalue weighted by molar-refractivity contribution is 5.89. The molecule has 3 fully saturated rings. The van der Waals surface area contributed by atoms with Crippen LogP contribution in [0.2, 0.25) is 0 Å². The van der Waals surface area contributed by atoms with E-state index in [1.165, 1.54) is 6.92 Å². The van der Waals surface area contributed by atoms with Crippen molar-refractivity contribution in [2.24, 2.45) is 5.92 Å². The first-order valence-electron chi connectivity index (χ1n) is 15.1. The SMILES string of the molecule is CC(=O)O[C@H]1C[C@](C)(O)[C@]23OC(C)(C)C(C[C@H](OC(=O)c4ccccc4)[C@]2(OC(C)=O)[C@H]1OC(=O)CCc1ccccc1)[C@H]3O. The van der Waals surface area contributed by atoms with E-state index in [9.17, 15) is 29.4 Å². The van der Waals surface area contributed by atoms with Crippen LogP contribution in [0.5, 0.6) is 0 Å². The molecule has 0 amide bonds. The number of benzene rings is 2. The van der Waals surface area contributed by atoms with Crippen LogP contribution < -0.4 is 0 Å². The van der Waals surface area contributed by atoms with Crippen molar-refractivity contribution in [2.45, 2.75) is 107 Å². The van der Waals surface area contributed by atoms with Gasteiger partial charge in [-0.05, 0) is 51.3 Å². The lowest BCUT2D eigenvalue weighted by Gasteiger charge is -2.64. The van der Waals surface area contributed by atoms with Crippen molar-refractivity contribution in [2.75, 3.05) is 0 Å². The molecule has 1 unspecified atom stereocenters. The van der Waals surface area contributed by atoms with Crippen LogP contribution in [0.25, 0.3) is 0 Å². The van der Waals surface area contributed by atoms with Crippen LogP contribution in [-0.4, -0.2) is 80.9 Å². The molecule has 11 nitrogen and oxygen atoms in total. The van der Waals surface area contributed by atoms with E-state index in [0.717, 1.165) is 19.4 Å². The molecule has 2 aromatic carbocycles. The molecule has 3 aliphatic rings. The summed E-state index contributed by atoms with van der Waals surface area (Å²) in [6.07, 6.45) is -6.15. The van der Waals surface area contributed by atoms with Gasteiger partial charge in [-0.25, -0.2) is 4.79 Å². The largest absolute Gasteiger partial charge is 0.458 e. The molecule has 45 heavy (non-hydrogen) atoms. The van der Waals surface area contributed by atoms with Crippen molar-refractivity contribution in [3.63, 3.8) is 0 Å². The molecule has 8 atom stereocenters. The molecule has 1 heterocycles. The number of ether oxygens (including phenoxy) is 5. The smallest absolute Gasteiger partial charge is 0.338 e. The molecule has 5 rings (SSSR count). The van der Waals surface area contributed by atoms with E-state index in [1.807, 2.05) is 30.3 Å². The third kappa shape index (κ3) is 5.51. The van der Waals surface area contributed by atoms with Crippen LogP contribution in [0.1, 0.15) is 69.8 Å². The minimum Gasteiger partial charge on any atom is -0.458 e. The lowest BCUT2D eigenvalue weighted by atomic mass is 9.51. The Morgan fingerprint density at radius 1 is 0.889 bits per heavy atom. The molecule has 242 valence electrons. The molecule has 1 saturated heterocycles. The molecule has 2 bridgehead atoms. The molecule has 2 aromatic rings. The highest BCUT2D eigenvalue weighted by atomic mass is 16.7. The average molecular weight is 625 g/mol. The Bertz CT molecular complexity index is 1440. The van der Waals surface area contributed by atoms with Crippen molar-refractivity contribution in [1.29, 1.82) is 0 Å². The number of esters is 4. The minimum absolute atomic E-state index is 0.0945. The summed E-state index contributed by atoms with van der Waals surface area (Å²) in [7, 11) is 0. The number of aliphatic hydroxyl groups is 2. The van der Waals surface area contributed by atoms with Gasteiger partial charge in [-0.15, -0.1) is 0 Å². The molecule has 1 aliphatic heterocycles. The van der Waals surface area contributed by atoms with Crippen molar-refractivity contribution in [3.8, 4) is 0 Å². The Hall–Kier alpha value is -3.80. The summed E-state index contributed by atoms with van der Waals surface area (Å²) in [6.45, 7) is 7.06. The number of hydrogen-bond donors (Lipinski definition) is 2. The van der Waals surface area contributed by atoms with Gasteiger partial charge in [-0.1, -0.05) is 48.5 Å². The van der Waals surface area contributed by atoms with E-state index in [0.29, 0.717) is 6.42 Å². The number of rotatable bonds is 8. The summed E-state index contributed by atoms with van der Waals surface area (Å²) in [4.78, 5) is 52.6. The van der Waals surface area contributed by atoms with E-state index < -0.39 is 76.6 Å². The van der Waals surface area contributed by atoms with Crippen LogP contribution in [0.15, 0.2) is 60.7 Å². The van der Waals surface area contributed by atoms with Gasteiger partial charge >= 0.3 is 23.9 Å². The summed E-state index contributed by atoms with van der Waals surface area (Å²) in [6, 6.07) is 17.4. The predicted molar refractivity (Wildman–Crippen MR) is 158 cm³/mol. The molecular formula is C34H40O11. The fourth-order valence-electron chi connectivity index (χ4n) is 7.67. The van der Waals surface area contributed by atoms with E-state index in [4.69, 9.17) is 23.7 Å². The number of carbonyl (C=O) groups is 4. The van der Waals surface area contributed by atoms with Crippen molar-refractivity contribution >= 4 is 23.9 Å². The molecule has 0 radical (unpaired) electrons. The monoisotopic (exact) mass is 624 g/mol. The molecular weight excluding hydrogens is 584 g/mol. The molecule has 2 N–H and O–H groups in total. The van der Waals surface area contributed by atoms with Gasteiger partial charge in [-0.3, -0.25) is 14.4 Å². The average Bonchev–Trinajstić information content (AvgIpc) is 3.12. The lowest BCUT2D eigenvalue weighted by molar-refractivity contribution is -0.369. The summed E-state index contributed by atoms with van der Waals surface area (Å²) < 4.78 is 30.6. The van der Waals surface area contributed by atoms with E-state index in [1.54, 1.807) is 44.2 Å². The first-order chi connectivity index (χ1) is 21.1. The number of hydrogen-bond acceptors (Lipinski definition) is 11. The third-order valence-electron chi connectivity index (χ3n) is 9.41. The van der Waals surface area contributed by atoms with Crippen LogP contribution >= 0.6 is 0 Å². The Morgan fingerprint density at radius 3 is 2.11 bits per heavy atom. The second-order valence-electron chi connectivity index (χ2n) is 12.9. The number of fused-ring (bicyclic) bond motifs is 1. The first-order valence-corrected chi connectivity index (χ1v) is 15.1. The van der Waals surface area contributed by atoms with Gasteiger partial charge in [-0.2, -0.15) is 0 Å². The normalized spacial score (nSPS) is 34.6. The quantitative estimate of drug-likeness (QED) is 0.329. The number of aryl methyl sites for hydroxylation is 1. The molecule has 1 spiro atoms. The highest BCUT2D eigenvalue weighted by Crippen LogP contribution is 2.65. The van der Waals surface area contributed by atoms with Gasteiger partial charge in [0.25, 0.3) is 0 Å². The van der Waals surface area contributed by atoms with Crippen molar-refractivity contribution < 1.29 is 53.1 Å². The van der Waals surface area contributed by atoms with Gasteiger partial charge in [0.15, 0.2) is 11.7 Å². The zero-order valence-corrected chi connectivity index (χ0v) is 26.1. The summed E-state index contributed by atoms with van der Waals surface area (Å²) in [5.41, 5.74) is -6.65. The van der Waals surface area contributed by atoms with Crippen LogP contribution in [0.4, 0.5) is 0 Å². The summed E-state index contributed by atoms with van der Waals surface area (Å²) in [5.74, 6) is -3.86. The molecule has 0 aromatic heterocycles.